The monoisotopic (exact) mass is 387 g/mol. The number of halogens is 1. The van der Waals surface area contributed by atoms with Crippen LogP contribution in [-0.4, -0.2) is 28.2 Å². The number of aryl methyl sites for hydroxylation is 1. The summed E-state index contributed by atoms with van der Waals surface area (Å²) in [6, 6.07) is 12.0. The van der Waals surface area contributed by atoms with Crippen molar-refractivity contribution in [2.24, 2.45) is 0 Å². The summed E-state index contributed by atoms with van der Waals surface area (Å²) >= 11 is 7.47. The van der Waals surface area contributed by atoms with Gasteiger partial charge in [-0.15, -0.1) is 11.3 Å². The summed E-state index contributed by atoms with van der Waals surface area (Å²) in [4.78, 5) is 8.61. The summed E-state index contributed by atoms with van der Waals surface area (Å²) in [7, 11) is 0. The van der Waals surface area contributed by atoms with E-state index in [4.69, 9.17) is 11.6 Å². The fourth-order valence-corrected chi connectivity index (χ4v) is 3.49. The Hall–Kier alpha value is -1.79. The molecule has 0 fully saturated rings. The maximum atomic E-state index is 10.1. The van der Waals surface area contributed by atoms with Crippen LogP contribution in [0.15, 0.2) is 48.0 Å². The Morgan fingerprint density at radius 1 is 1.19 bits per heavy atom. The molecule has 0 saturated carbocycles. The predicted molar refractivity (Wildman–Crippen MR) is 108 cm³/mol. The molecular weight excluding hydrogens is 366 g/mol. The van der Waals surface area contributed by atoms with Crippen LogP contribution in [0.25, 0.3) is 11.3 Å². The van der Waals surface area contributed by atoms with Crippen LogP contribution in [0.2, 0.25) is 5.15 Å². The molecule has 2 aromatic heterocycles. The van der Waals surface area contributed by atoms with Gasteiger partial charge in [0.2, 0.25) is 0 Å². The van der Waals surface area contributed by atoms with Gasteiger partial charge >= 0.3 is 0 Å². The van der Waals surface area contributed by atoms with Crippen molar-refractivity contribution in [2.75, 3.05) is 13.1 Å². The zero-order valence-corrected chi connectivity index (χ0v) is 16.2. The zero-order valence-electron chi connectivity index (χ0n) is 14.7. The predicted octanol–water partition coefficient (Wildman–Crippen LogP) is 4.29. The van der Waals surface area contributed by atoms with Gasteiger partial charge in [-0.25, -0.2) is 9.97 Å². The number of rotatable bonds is 8. The maximum absolute atomic E-state index is 10.1. The number of nitrogens with zero attached hydrogens (tertiary/aromatic N) is 2. The fraction of sp³-hybridized carbons (Fsp3) is 0.300. The minimum atomic E-state index is -0.584. The average Bonchev–Trinajstić information content (AvgIpc) is 3.15. The van der Waals surface area contributed by atoms with E-state index in [1.807, 2.05) is 0 Å². The van der Waals surface area contributed by atoms with E-state index >= 15 is 0 Å². The molecule has 2 N–H and O–H groups in total. The Labute approximate surface area is 162 Å². The first-order valence-corrected chi connectivity index (χ1v) is 9.95. The number of hydrogen-bond acceptors (Lipinski definition) is 5. The van der Waals surface area contributed by atoms with Gasteiger partial charge in [0.15, 0.2) is 0 Å². The van der Waals surface area contributed by atoms with E-state index < -0.39 is 6.10 Å². The SMILES string of the molecule is CCc1nc(-c2ccc(CCNC[C@H](O)c3ccc(Cl)nc3)cc2)cs1. The smallest absolute Gasteiger partial charge is 0.129 e. The molecule has 0 unspecified atom stereocenters. The van der Waals surface area contributed by atoms with Crippen molar-refractivity contribution in [1.82, 2.24) is 15.3 Å². The van der Waals surface area contributed by atoms with E-state index in [2.05, 4.69) is 51.9 Å². The van der Waals surface area contributed by atoms with E-state index in [1.54, 1.807) is 29.7 Å². The number of aliphatic hydroxyl groups is 1. The molecular formula is C20H22ClN3OS. The lowest BCUT2D eigenvalue weighted by molar-refractivity contribution is 0.174. The van der Waals surface area contributed by atoms with Gasteiger partial charge in [0.05, 0.1) is 16.8 Å². The van der Waals surface area contributed by atoms with E-state index in [-0.39, 0.29) is 0 Å². The Kier molecular flexibility index (Phi) is 6.74. The van der Waals surface area contributed by atoms with E-state index in [0.29, 0.717) is 11.7 Å². The summed E-state index contributed by atoms with van der Waals surface area (Å²) in [6.45, 7) is 3.41. The van der Waals surface area contributed by atoms with Gasteiger partial charge in [-0.2, -0.15) is 0 Å². The maximum Gasteiger partial charge on any atom is 0.129 e. The van der Waals surface area contributed by atoms with E-state index in [0.717, 1.165) is 36.2 Å². The van der Waals surface area contributed by atoms with Crippen molar-refractivity contribution in [2.45, 2.75) is 25.9 Å². The molecule has 1 atom stereocenters. The minimum absolute atomic E-state index is 0.431. The highest BCUT2D eigenvalue weighted by atomic mass is 35.5. The van der Waals surface area contributed by atoms with Crippen molar-refractivity contribution in [3.8, 4) is 11.3 Å². The molecule has 26 heavy (non-hydrogen) atoms. The van der Waals surface area contributed by atoms with Crippen molar-refractivity contribution in [3.05, 3.63) is 69.3 Å². The molecule has 3 aromatic rings. The van der Waals surface area contributed by atoms with Crippen molar-refractivity contribution < 1.29 is 5.11 Å². The second kappa shape index (κ2) is 9.24. The molecule has 0 aliphatic heterocycles. The summed E-state index contributed by atoms with van der Waals surface area (Å²) < 4.78 is 0. The van der Waals surface area contributed by atoms with E-state index in [1.165, 1.54) is 10.6 Å². The molecule has 0 aliphatic rings. The fourth-order valence-electron chi connectivity index (χ4n) is 2.62. The molecule has 0 bridgehead atoms. The minimum Gasteiger partial charge on any atom is -0.387 e. The van der Waals surface area contributed by atoms with Crippen LogP contribution in [0, 0.1) is 0 Å². The lowest BCUT2D eigenvalue weighted by atomic mass is 10.1. The molecule has 0 radical (unpaired) electrons. The van der Waals surface area contributed by atoms with E-state index in [9.17, 15) is 5.11 Å². The third-order valence-corrected chi connectivity index (χ3v) is 5.38. The number of benzene rings is 1. The summed E-state index contributed by atoms with van der Waals surface area (Å²) in [5, 5.41) is 17.1. The van der Waals surface area contributed by atoms with Gasteiger partial charge in [-0.3, -0.25) is 0 Å². The van der Waals surface area contributed by atoms with Crippen LogP contribution in [0.5, 0.6) is 0 Å². The quantitative estimate of drug-likeness (QED) is 0.447. The molecule has 0 saturated heterocycles. The lowest BCUT2D eigenvalue weighted by Gasteiger charge is -2.12. The number of thiazole rings is 1. The highest BCUT2D eigenvalue weighted by Gasteiger charge is 2.07. The summed E-state index contributed by atoms with van der Waals surface area (Å²) in [6.07, 6.45) is 2.91. The van der Waals surface area contributed by atoms with Gasteiger partial charge in [-0.1, -0.05) is 48.9 Å². The highest BCUT2D eigenvalue weighted by molar-refractivity contribution is 7.09. The Bertz CT molecular complexity index is 818. The second-order valence-corrected chi connectivity index (χ2v) is 7.39. The third-order valence-electron chi connectivity index (χ3n) is 4.17. The largest absolute Gasteiger partial charge is 0.387 e. The molecule has 1 aromatic carbocycles. The third kappa shape index (κ3) is 5.11. The van der Waals surface area contributed by atoms with Crippen LogP contribution in [0.1, 0.15) is 29.2 Å². The molecule has 0 amide bonds. The number of nitrogens with one attached hydrogen (secondary N) is 1. The van der Waals surface area contributed by atoms with Gasteiger partial charge in [0.1, 0.15) is 5.15 Å². The average molecular weight is 388 g/mol. The van der Waals surface area contributed by atoms with Gasteiger partial charge in [0.25, 0.3) is 0 Å². The standard InChI is InChI=1S/C20H22ClN3OS/c1-2-20-24-17(13-26-20)15-5-3-14(4-6-15)9-10-22-12-18(25)16-7-8-19(21)23-11-16/h3-8,11,13,18,22,25H,2,9-10,12H2,1H3/t18-/m0/s1. The first-order valence-electron chi connectivity index (χ1n) is 8.69. The summed E-state index contributed by atoms with van der Waals surface area (Å²) in [5.74, 6) is 0. The normalized spacial score (nSPS) is 12.3. The first-order chi connectivity index (χ1) is 12.7. The topological polar surface area (TPSA) is 58.0 Å². The van der Waals surface area contributed by atoms with Gasteiger partial charge in [-0.05, 0) is 31.0 Å². The number of aromatic nitrogens is 2. The second-order valence-electron chi connectivity index (χ2n) is 6.06. The molecule has 4 nitrogen and oxygen atoms in total. The molecule has 2 heterocycles. The Morgan fingerprint density at radius 2 is 2.00 bits per heavy atom. The number of hydrogen-bond donors (Lipinski definition) is 2. The molecule has 0 spiro atoms. The van der Waals surface area contributed by atoms with Gasteiger partial charge < -0.3 is 10.4 Å². The van der Waals surface area contributed by atoms with Gasteiger partial charge in [0, 0.05) is 29.2 Å². The molecule has 136 valence electrons. The zero-order chi connectivity index (χ0) is 18.4. The number of aliphatic hydroxyl groups excluding tert-OH is 1. The lowest BCUT2D eigenvalue weighted by Crippen LogP contribution is -2.23. The van der Waals surface area contributed by atoms with Crippen molar-refractivity contribution >= 4 is 22.9 Å². The summed E-state index contributed by atoms with van der Waals surface area (Å²) in [5.41, 5.74) is 4.23. The number of pyridine rings is 1. The molecule has 0 aliphatic carbocycles. The highest BCUT2D eigenvalue weighted by Crippen LogP contribution is 2.22. The first kappa shape index (κ1) is 19.0. The molecule has 6 heteroatoms. The Balaban J connectivity index is 1.45. The van der Waals surface area contributed by atoms with Crippen LogP contribution in [0.3, 0.4) is 0 Å². The Morgan fingerprint density at radius 3 is 2.65 bits per heavy atom. The van der Waals surface area contributed by atoms with Crippen LogP contribution >= 0.6 is 22.9 Å². The van der Waals surface area contributed by atoms with Crippen molar-refractivity contribution in [3.63, 3.8) is 0 Å². The molecule has 3 rings (SSSR count). The van der Waals surface area contributed by atoms with Crippen LogP contribution in [-0.2, 0) is 12.8 Å². The van der Waals surface area contributed by atoms with Crippen molar-refractivity contribution in [1.29, 1.82) is 0 Å². The van der Waals surface area contributed by atoms with Crippen LogP contribution in [0.4, 0.5) is 0 Å². The van der Waals surface area contributed by atoms with Crippen LogP contribution < -0.4 is 5.32 Å².